The van der Waals surface area contributed by atoms with Crippen LogP contribution < -0.4 is 0 Å². The molecule has 6 heteroatoms. The summed E-state index contributed by atoms with van der Waals surface area (Å²) in [5.41, 5.74) is 4.47. The van der Waals surface area contributed by atoms with Crippen LogP contribution in [-0.2, 0) is 19.4 Å². The van der Waals surface area contributed by atoms with Crippen molar-refractivity contribution in [1.29, 1.82) is 0 Å². The zero-order valence-electron chi connectivity index (χ0n) is 18.5. The molecule has 1 aliphatic rings. The average molecular weight is 441 g/mol. The summed E-state index contributed by atoms with van der Waals surface area (Å²) >= 11 is 0. The van der Waals surface area contributed by atoms with E-state index in [1.807, 2.05) is 60.4 Å². The van der Waals surface area contributed by atoms with Gasteiger partial charge >= 0.3 is 0 Å². The van der Waals surface area contributed by atoms with E-state index in [9.17, 15) is 9.18 Å². The van der Waals surface area contributed by atoms with Gasteiger partial charge < -0.3 is 4.90 Å². The average Bonchev–Trinajstić information content (AvgIpc) is 3.47. The smallest absolute Gasteiger partial charge is 0.275 e. The number of amides is 1. The zero-order chi connectivity index (χ0) is 22.8. The summed E-state index contributed by atoms with van der Waals surface area (Å²) in [5, 5.41) is 4.67. The van der Waals surface area contributed by atoms with Crippen molar-refractivity contribution in [3.63, 3.8) is 0 Å². The van der Waals surface area contributed by atoms with Crippen molar-refractivity contribution in [1.82, 2.24) is 19.7 Å². The largest absolute Gasteiger partial charge is 0.325 e. The molecule has 0 N–H and O–H groups in total. The zero-order valence-corrected chi connectivity index (χ0v) is 18.5. The quantitative estimate of drug-likeness (QED) is 0.409. The molecule has 0 aliphatic heterocycles. The first-order chi connectivity index (χ1) is 16.1. The molecule has 33 heavy (non-hydrogen) atoms. The third kappa shape index (κ3) is 4.04. The van der Waals surface area contributed by atoms with Crippen molar-refractivity contribution < 1.29 is 9.18 Å². The van der Waals surface area contributed by atoms with Gasteiger partial charge in [0.25, 0.3) is 5.91 Å². The number of hydrogen-bond donors (Lipinski definition) is 0. The maximum Gasteiger partial charge on any atom is 0.275 e. The molecule has 0 saturated carbocycles. The molecule has 1 unspecified atom stereocenters. The number of carbonyl (C=O) groups is 1. The third-order valence-corrected chi connectivity index (χ3v) is 6.25. The van der Waals surface area contributed by atoms with Gasteiger partial charge in [-0.3, -0.25) is 9.78 Å². The summed E-state index contributed by atoms with van der Waals surface area (Å²) < 4.78 is 16.2. The lowest BCUT2D eigenvalue weighted by Crippen LogP contribution is -2.34. The van der Waals surface area contributed by atoms with Gasteiger partial charge in [0.15, 0.2) is 5.69 Å². The van der Waals surface area contributed by atoms with Crippen LogP contribution in [0.15, 0.2) is 79.0 Å². The SMILES string of the molecule is CC(c1ccccn1)N(Cc1ccccc1)C(=O)c1nn(-c2ccccc2F)c2c1CCC2. The van der Waals surface area contributed by atoms with Crippen LogP contribution >= 0.6 is 0 Å². The van der Waals surface area contributed by atoms with Gasteiger partial charge in [0.05, 0.1) is 11.7 Å². The fourth-order valence-electron chi connectivity index (χ4n) is 4.52. The minimum atomic E-state index is -0.350. The van der Waals surface area contributed by atoms with Crippen molar-refractivity contribution in [2.45, 2.75) is 38.8 Å². The van der Waals surface area contributed by atoms with Crippen molar-refractivity contribution in [2.75, 3.05) is 0 Å². The summed E-state index contributed by atoms with van der Waals surface area (Å²) in [5.74, 6) is -0.512. The Hall–Kier alpha value is -3.80. The molecule has 0 radical (unpaired) electrons. The van der Waals surface area contributed by atoms with Gasteiger partial charge in [-0.15, -0.1) is 0 Å². The molecular weight excluding hydrogens is 415 g/mol. The summed E-state index contributed by atoms with van der Waals surface area (Å²) in [6.07, 6.45) is 4.21. The normalized spacial score (nSPS) is 13.5. The molecule has 0 fully saturated rings. The standard InChI is InChI=1S/C27H25FN4O/c1-19(23-14-7-8-17-29-23)31(18-20-10-3-2-4-11-20)27(33)26-21-12-9-16-24(21)32(30-26)25-15-6-5-13-22(25)28/h2-8,10-11,13-15,17,19H,9,12,16,18H2,1H3. The van der Waals surface area contributed by atoms with Crippen LogP contribution in [0.5, 0.6) is 0 Å². The van der Waals surface area contributed by atoms with E-state index in [1.54, 1.807) is 29.1 Å². The number of fused-ring (bicyclic) bond motifs is 1. The van der Waals surface area contributed by atoms with E-state index in [2.05, 4.69) is 10.1 Å². The number of rotatable bonds is 6. The summed E-state index contributed by atoms with van der Waals surface area (Å²) in [7, 11) is 0. The Balaban J connectivity index is 1.57. The predicted octanol–water partition coefficient (Wildman–Crippen LogP) is 5.30. The van der Waals surface area contributed by atoms with Gasteiger partial charge in [-0.25, -0.2) is 9.07 Å². The molecule has 0 spiro atoms. The monoisotopic (exact) mass is 440 g/mol. The molecule has 1 amide bonds. The first-order valence-corrected chi connectivity index (χ1v) is 11.2. The van der Waals surface area contributed by atoms with Crippen LogP contribution in [0, 0.1) is 5.82 Å². The number of pyridine rings is 1. The Morgan fingerprint density at radius 1 is 1.03 bits per heavy atom. The molecule has 1 atom stereocenters. The van der Waals surface area contributed by atoms with Crippen LogP contribution in [0.2, 0.25) is 0 Å². The predicted molar refractivity (Wildman–Crippen MR) is 125 cm³/mol. The van der Waals surface area contributed by atoms with E-state index >= 15 is 0 Å². The van der Waals surface area contributed by atoms with Gasteiger partial charge in [0, 0.05) is 24.0 Å². The molecule has 5 nitrogen and oxygen atoms in total. The van der Waals surface area contributed by atoms with E-state index in [0.717, 1.165) is 41.8 Å². The van der Waals surface area contributed by atoms with E-state index < -0.39 is 0 Å². The molecular formula is C27H25FN4O. The lowest BCUT2D eigenvalue weighted by molar-refractivity contribution is 0.0662. The number of hydrogen-bond acceptors (Lipinski definition) is 3. The lowest BCUT2D eigenvalue weighted by atomic mass is 10.1. The van der Waals surface area contributed by atoms with E-state index in [4.69, 9.17) is 0 Å². The van der Waals surface area contributed by atoms with Crippen molar-refractivity contribution in [2.24, 2.45) is 0 Å². The Labute approximate surface area is 192 Å². The first-order valence-electron chi connectivity index (χ1n) is 11.2. The van der Waals surface area contributed by atoms with E-state index in [-0.39, 0.29) is 17.8 Å². The van der Waals surface area contributed by atoms with Crippen molar-refractivity contribution >= 4 is 5.91 Å². The number of para-hydroxylation sites is 1. The summed E-state index contributed by atoms with van der Waals surface area (Å²) in [4.78, 5) is 20.3. The lowest BCUT2D eigenvalue weighted by Gasteiger charge is -2.29. The molecule has 4 aromatic rings. The van der Waals surface area contributed by atoms with Gasteiger partial charge in [-0.2, -0.15) is 5.10 Å². The highest BCUT2D eigenvalue weighted by Crippen LogP contribution is 2.31. The van der Waals surface area contributed by atoms with Crippen LogP contribution in [-0.4, -0.2) is 25.6 Å². The summed E-state index contributed by atoms with van der Waals surface area (Å²) in [6.45, 7) is 2.41. The van der Waals surface area contributed by atoms with E-state index in [0.29, 0.717) is 17.9 Å². The van der Waals surface area contributed by atoms with Gasteiger partial charge in [-0.05, 0) is 56.0 Å². The minimum Gasteiger partial charge on any atom is -0.325 e. The first kappa shape index (κ1) is 21.1. The maximum absolute atomic E-state index is 14.6. The molecule has 2 aromatic carbocycles. The second-order valence-electron chi connectivity index (χ2n) is 8.34. The number of benzene rings is 2. The maximum atomic E-state index is 14.6. The number of aromatic nitrogens is 3. The highest BCUT2D eigenvalue weighted by Gasteiger charge is 2.32. The number of halogens is 1. The topological polar surface area (TPSA) is 51.0 Å². The second-order valence-corrected chi connectivity index (χ2v) is 8.34. The molecule has 0 saturated heterocycles. The van der Waals surface area contributed by atoms with E-state index in [1.165, 1.54) is 6.07 Å². The fraction of sp³-hybridized carbons (Fsp3) is 0.222. The fourth-order valence-corrected chi connectivity index (χ4v) is 4.52. The molecule has 166 valence electrons. The number of carbonyl (C=O) groups excluding carboxylic acids is 1. The Morgan fingerprint density at radius 2 is 1.79 bits per heavy atom. The number of nitrogens with zero attached hydrogens (tertiary/aromatic N) is 4. The Bertz CT molecular complexity index is 1270. The van der Waals surface area contributed by atoms with Crippen LogP contribution in [0.3, 0.4) is 0 Å². The van der Waals surface area contributed by atoms with Gasteiger partial charge in [0.1, 0.15) is 11.5 Å². The van der Waals surface area contributed by atoms with Gasteiger partial charge in [-0.1, -0.05) is 48.5 Å². The molecule has 0 bridgehead atoms. The Morgan fingerprint density at radius 3 is 2.55 bits per heavy atom. The molecule has 1 aliphatic carbocycles. The van der Waals surface area contributed by atoms with Crippen molar-refractivity contribution in [3.05, 3.63) is 113 Å². The highest BCUT2D eigenvalue weighted by atomic mass is 19.1. The van der Waals surface area contributed by atoms with Crippen LogP contribution in [0.1, 0.15) is 52.4 Å². The van der Waals surface area contributed by atoms with Crippen LogP contribution in [0.4, 0.5) is 4.39 Å². The highest BCUT2D eigenvalue weighted by molar-refractivity contribution is 5.94. The molecule has 5 rings (SSSR count). The van der Waals surface area contributed by atoms with Crippen molar-refractivity contribution in [3.8, 4) is 5.69 Å². The van der Waals surface area contributed by atoms with Crippen LogP contribution in [0.25, 0.3) is 5.69 Å². The third-order valence-electron chi connectivity index (χ3n) is 6.25. The second kappa shape index (κ2) is 8.98. The minimum absolute atomic E-state index is 0.162. The molecule has 2 heterocycles. The Kier molecular flexibility index (Phi) is 5.73. The van der Waals surface area contributed by atoms with Gasteiger partial charge in [0.2, 0.25) is 0 Å². The molecule has 2 aromatic heterocycles. The summed E-state index contributed by atoms with van der Waals surface area (Å²) in [6, 6.07) is 21.9.